The van der Waals surface area contributed by atoms with Crippen LogP contribution in [0, 0.1) is 5.82 Å². The first-order valence-corrected chi connectivity index (χ1v) is 10.6. The summed E-state index contributed by atoms with van der Waals surface area (Å²) < 4.78 is 20.3. The average Bonchev–Trinajstić information content (AvgIpc) is 2.76. The molecule has 5 nitrogen and oxygen atoms in total. The Balaban J connectivity index is 1.50. The molecule has 0 bridgehead atoms. The fourth-order valence-corrected chi connectivity index (χ4v) is 3.50. The van der Waals surface area contributed by atoms with Gasteiger partial charge in [0, 0.05) is 24.7 Å². The minimum Gasteiger partial charge on any atom is -0.444 e. The Hall–Kier alpha value is -3.54. The number of halogens is 1. The second-order valence-corrected chi connectivity index (χ2v) is 8.80. The fraction of sp³-hybridized carbons (Fsp3) is 0.269. The van der Waals surface area contributed by atoms with Gasteiger partial charge in [0.05, 0.1) is 17.8 Å². The lowest BCUT2D eigenvalue weighted by Gasteiger charge is -2.30. The van der Waals surface area contributed by atoms with E-state index in [-0.39, 0.29) is 11.9 Å². The molecule has 1 aromatic heterocycles. The lowest BCUT2D eigenvalue weighted by atomic mass is 10.1. The predicted molar refractivity (Wildman–Crippen MR) is 123 cm³/mol. The van der Waals surface area contributed by atoms with E-state index in [1.807, 2.05) is 69.3 Å². The van der Waals surface area contributed by atoms with E-state index in [1.54, 1.807) is 17.2 Å². The molecule has 0 N–H and O–H groups in total. The lowest BCUT2D eigenvalue weighted by Crippen LogP contribution is -2.40. The molecule has 164 valence electrons. The van der Waals surface area contributed by atoms with Crippen molar-refractivity contribution in [1.29, 1.82) is 0 Å². The molecule has 0 spiro atoms. The number of amides is 1. The SMILES string of the molecule is CC(C)(C)OC(=O)N1CCc2nc(-c3ccc(C=Cc4ccccc4)cc3F)ncc2C1. The van der Waals surface area contributed by atoms with Gasteiger partial charge in [-0.2, -0.15) is 0 Å². The van der Waals surface area contributed by atoms with Crippen LogP contribution in [-0.2, 0) is 17.7 Å². The molecule has 0 aliphatic carbocycles. The Kier molecular flexibility index (Phi) is 6.04. The van der Waals surface area contributed by atoms with Crippen LogP contribution in [0.1, 0.15) is 43.2 Å². The van der Waals surface area contributed by atoms with Gasteiger partial charge in [0.1, 0.15) is 11.4 Å². The number of rotatable bonds is 3. The van der Waals surface area contributed by atoms with Crippen molar-refractivity contribution >= 4 is 18.2 Å². The molecule has 1 aliphatic rings. The molecule has 2 heterocycles. The average molecular weight is 432 g/mol. The van der Waals surface area contributed by atoms with Crippen LogP contribution in [0.5, 0.6) is 0 Å². The number of hydrogen-bond acceptors (Lipinski definition) is 4. The predicted octanol–water partition coefficient (Wildman–Crippen LogP) is 5.75. The molecule has 0 fully saturated rings. The van der Waals surface area contributed by atoms with Crippen LogP contribution in [0.25, 0.3) is 23.5 Å². The topological polar surface area (TPSA) is 55.3 Å². The summed E-state index contributed by atoms with van der Waals surface area (Å²) in [5.74, 6) is -0.0168. The molecule has 1 amide bonds. The summed E-state index contributed by atoms with van der Waals surface area (Å²) in [4.78, 5) is 22.9. The Morgan fingerprint density at radius 2 is 1.84 bits per heavy atom. The van der Waals surface area contributed by atoms with Crippen LogP contribution in [-0.4, -0.2) is 33.1 Å². The van der Waals surface area contributed by atoms with E-state index >= 15 is 0 Å². The highest BCUT2D eigenvalue weighted by Gasteiger charge is 2.27. The first-order chi connectivity index (χ1) is 15.3. The first kappa shape index (κ1) is 21.7. The third kappa shape index (κ3) is 5.19. The minimum absolute atomic E-state index is 0.350. The molecule has 4 rings (SSSR count). The molecule has 0 unspecified atom stereocenters. The Morgan fingerprint density at radius 1 is 1.09 bits per heavy atom. The highest BCUT2D eigenvalue weighted by atomic mass is 19.1. The van der Waals surface area contributed by atoms with Gasteiger partial charge in [-0.25, -0.2) is 19.2 Å². The van der Waals surface area contributed by atoms with Gasteiger partial charge in [0.25, 0.3) is 0 Å². The third-order valence-corrected chi connectivity index (χ3v) is 5.09. The van der Waals surface area contributed by atoms with E-state index in [0.717, 1.165) is 22.4 Å². The molecular weight excluding hydrogens is 405 g/mol. The molecule has 0 radical (unpaired) electrons. The zero-order valence-electron chi connectivity index (χ0n) is 18.5. The van der Waals surface area contributed by atoms with Crippen molar-refractivity contribution in [3.05, 3.63) is 82.9 Å². The van der Waals surface area contributed by atoms with Gasteiger partial charge in [-0.3, -0.25) is 0 Å². The van der Waals surface area contributed by atoms with Gasteiger partial charge in [-0.15, -0.1) is 0 Å². The number of carbonyl (C=O) groups is 1. The molecule has 32 heavy (non-hydrogen) atoms. The maximum Gasteiger partial charge on any atom is 0.410 e. The zero-order valence-corrected chi connectivity index (χ0v) is 18.5. The van der Waals surface area contributed by atoms with Gasteiger partial charge < -0.3 is 9.64 Å². The molecule has 3 aromatic rings. The van der Waals surface area contributed by atoms with Crippen molar-refractivity contribution in [3.8, 4) is 11.4 Å². The smallest absolute Gasteiger partial charge is 0.410 e. The van der Waals surface area contributed by atoms with Crippen LogP contribution in [0.2, 0.25) is 0 Å². The number of hydrogen-bond donors (Lipinski definition) is 0. The maximum atomic E-state index is 14.8. The van der Waals surface area contributed by atoms with Gasteiger partial charge in [-0.05, 0) is 44.0 Å². The molecule has 6 heteroatoms. The number of carbonyl (C=O) groups excluding carboxylic acids is 1. The summed E-state index contributed by atoms with van der Waals surface area (Å²) in [6, 6.07) is 14.9. The van der Waals surface area contributed by atoms with Crippen molar-refractivity contribution in [2.75, 3.05) is 6.54 Å². The van der Waals surface area contributed by atoms with Gasteiger partial charge in [-0.1, -0.05) is 48.6 Å². The van der Waals surface area contributed by atoms with Gasteiger partial charge >= 0.3 is 6.09 Å². The summed E-state index contributed by atoms with van der Waals surface area (Å²) in [5, 5.41) is 0. The molecule has 0 atom stereocenters. The van der Waals surface area contributed by atoms with E-state index in [1.165, 1.54) is 6.07 Å². The molecule has 0 saturated carbocycles. The summed E-state index contributed by atoms with van der Waals surface area (Å²) in [7, 11) is 0. The summed E-state index contributed by atoms with van der Waals surface area (Å²) in [6.45, 7) is 6.42. The van der Waals surface area contributed by atoms with Crippen molar-refractivity contribution in [1.82, 2.24) is 14.9 Å². The van der Waals surface area contributed by atoms with Crippen LogP contribution >= 0.6 is 0 Å². The molecule has 0 saturated heterocycles. The minimum atomic E-state index is -0.544. The Morgan fingerprint density at radius 3 is 2.56 bits per heavy atom. The molecular formula is C26H26FN3O2. The second-order valence-electron chi connectivity index (χ2n) is 8.80. The number of nitrogens with zero attached hydrogens (tertiary/aromatic N) is 3. The van der Waals surface area contributed by atoms with Crippen LogP contribution in [0.3, 0.4) is 0 Å². The summed E-state index contributed by atoms with van der Waals surface area (Å²) in [5.41, 5.74) is 3.32. The third-order valence-electron chi connectivity index (χ3n) is 5.09. The first-order valence-electron chi connectivity index (χ1n) is 10.6. The van der Waals surface area contributed by atoms with E-state index in [2.05, 4.69) is 9.97 Å². The zero-order chi connectivity index (χ0) is 22.7. The largest absolute Gasteiger partial charge is 0.444 e. The number of aromatic nitrogens is 2. The molecule has 1 aliphatic heterocycles. The second kappa shape index (κ2) is 8.91. The van der Waals surface area contributed by atoms with Crippen molar-refractivity contribution in [3.63, 3.8) is 0 Å². The molecule has 2 aromatic carbocycles. The highest BCUT2D eigenvalue weighted by Crippen LogP contribution is 2.25. The number of benzene rings is 2. The standard InChI is InChI=1S/C26H26FN3O2/c1-26(2,3)32-25(31)30-14-13-23-20(17-30)16-28-24(29-23)21-12-11-19(15-22(21)27)10-9-18-7-5-4-6-8-18/h4-12,15-16H,13-14,17H2,1-3H3. The van der Waals surface area contributed by atoms with Crippen molar-refractivity contribution in [2.45, 2.75) is 39.3 Å². The van der Waals surface area contributed by atoms with Gasteiger partial charge in [0.2, 0.25) is 0 Å². The number of ether oxygens (including phenoxy) is 1. The Labute approximate surface area is 187 Å². The van der Waals surface area contributed by atoms with Crippen LogP contribution in [0.15, 0.2) is 54.7 Å². The van der Waals surface area contributed by atoms with Crippen molar-refractivity contribution < 1.29 is 13.9 Å². The van der Waals surface area contributed by atoms with Crippen LogP contribution < -0.4 is 0 Å². The van der Waals surface area contributed by atoms with Crippen LogP contribution in [0.4, 0.5) is 9.18 Å². The normalized spacial score (nSPS) is 13.8. The van der Waals surface area contributed by atoms with E-state index < -0.39 is 5.60 Å². The highest BCUT2D eigenvalue weighted by molar-refractivity contribution is 5.71. The van der Waals surface area contributed by atoms with Gasteiger partial charge in [0.15, 0.2) is 5.82 Å². The van der Waals surface area contributed by atoms with E-state index in [9.17, 15) is 9.18 Å². The Bertz CT molecular complexity index is 1150. The lowest BCUT2D eigenvalue weighted by molar-refractivity contribution is 0.0222. The van der Waals surface area contributed by atoms with E-state index in [4.69, 9.17) is 4.74 Å². The fourth-order valence-electron chi connectivity index (χ4n) is 3.50. The quantitative estimate of drug-likeness (QED) is 0.496. The summed E-state index contributed by atoms with van der Waals surface area (Å²) in [6.07, 6.45) is 5.72. The van der Waals surface area contributed by atoms with E-state index in [0.29, 0.717) is 30.9 Å². The van der Waals surface area contributed by atoms with Crippen molar-refractivity contribution in [2.24, 2.45) is 0 Å². The maximum absolute atomic E-state index is 14.8. The summed E-state index contributed by atoms with van der Waals surface area (Å²) >= 11 is 0. The number of fused-ring (bicyclic) bond motifs is 1. The monoisotopic (exact) mass is 431 g/mol.